The summed E-state index contributed by atoms with van der Waals surface area (Å²) in [4.78, 5) is 16.7. The Hall–Kier alpha value is -3.52. The Bertz CT molecular complexity index is 1410. The van der Waals surface area contributed by atoms with Crippen LogP contribution in [0.2, 0.25) is 5.02 Å². The molecule has 3 rings (SSSR count). The molecule has 0 radical (unpaired) electrons. The van der Waals surface area contributed by atoms with Gasteiger partial charge >= 0.3 is 6.18 Å². The standard InChI is InChI=1S/C27H27ClF5N3O5/c1-25(34,13-29)17-11-20(15-3-5-19(30)18(28)9-15)36-23(12-17)26(39,27(31,32)33)14-35-24(38)16-4-6-21(41-8-7-37)22(10-16)40-2/h3-6,9-12,37,39H,7-8,13-14,34H2,1-2H3,(H,35,38). The van der Waals surface area contributed by atoms with Gasteiger partial charge in [-0.25, -0.2) is 13.8 Å². The first-order valence-electron chi connectivity index (χ1n) is 12.0. The van der Waals surface area contributed by atoms with Crippen molar-refractivity contribution in [2.24, 2.45) is 5.73 Å². The SMILES string of the molecule is COc1cc(C(=O)NCC(O)(c2cc(C(C)(N)CF)cc(-c3ccc(F)c(Cl)c3)n2)C(F)(F)F)ccc1OCCO. The summed E-state index contributed by atoms with van der Waals surface area (Å²) in [6.07, 6.45) is -5.38. The second-order valence-corrected chi connectivity index (χ2v) is 9.69. The van der Waals surface area contributed by atoms with Crippen LogP contribution in [0.4, 0.5) is 22.0 Å². The third kappa shape index (κ3) is 7.04. The molecule has 2 aromatic carbocycles. The zero-order valence-corrected chi connectivity index (χ0v) is 22.6. The molecule has 2 atom stereocenters. The van der Waals surface area contributed by atoms with Gasteiger partial charge in [-0.15, -0.1) is 0 Å². The number of hydrogen-bond acceptors (Lipinski definition) is 7. The Kier molecular flexibility index (Phi) is 9.80. The van der Waals surface area contributed by atoms with Gasteiger partial charge < -0.3 is 30.7 Å². The van der Waals surface area contributed by atoms with Crippen LogP contribution >= 0.6 is 11.6 Å². The van der Waals surface area contributed by atoms with E-state index in [0.717, 1.165) is 18.2 Å². The number of alkyl halides is 4. The topological polar surface area (TPSA) is 127 Å². The number of hydrogen-bond donors (Lipinski definition) is 4. The highest BCUT2D eigenvalue weighted by molar-refractivity contribution is 6.31. The van der Waals surface area contributed by atoms with E-state index in [9.17, 15) is 31.9 Å². The van der Waals surface area contributed by atoms with Gasteiger partial charge in [-0.05, 0) is 61.0 Å². The highest BCUT2D eigenvalue weighted by Gasteiger charge is 2.56. The van der Waals surface area contributed by atoms with Gasteiger partial charge in [-0.1, -0.05) is 11.6 Å². The number of carbonyl (C=O) groups is 1. The zero-order chi connectivity index (χ0) is 30.6. The number of amides is 1. The molecular weight excluding hydrogens is 577 g/mol. The van der Waals surface area contributed by atoms with E-state index in [1.807, 2.05) is 5.32 Å². The third-order valence-corrected chi connectivity index (χ3v) is 6.44. The van der Waals surface area contributed by atoms with Crippen LogP contribution in [-0.2, 0) is 11.1 Å². The molecule has 2 unspecified atom stereocenters. The Morgan fingerprint density at radius 1 is 1.12 bits per heavy atom. The molecule has 0 saturated heterocycles. The molecule has 0 bridgehead atoms. The summed E-state index contributed by atoms with van der Waals surface area (Å²) in [5.41, 5.74) is -0.998. The van der Waals surface area contributed by atoms with Crippen LogP contribution in [0.1, 0.15) is 28.5 Å². The molecule has 1 aromatic heterocycles. The van der Waals surface area contributed by atoms with Crippen LogP contribution < -0.4 is 20.5 Å². The van der Waals surface area contributed by atoms with Crippen molar-refractivity contribution in [2.75, 3.05) is 33.5 Å². The first-order valence-corrected chi connectivity index (χ1v) is 12.4. The average molecular weight is 604 g/mol. The van der Waals surface area contributed by atoms with Crippen LogP contribution in [0, 0.1) is 5.82 Å². The molecule has 41 heavy (non-hydrogen) atoms. The fourth-order valence-electron chi connectivity index (χ4n) is 3.68. The number of nitrogens with two attached hydrogens (primary N) is 1. The summed E-state index contributed by atoms with van der Waals surface area (Å²) < 4.78 is 81.2. The Labute approximate surface area is 236 Å². The molecule has 0 fully saturated rings. The molecule has 0 spiro atoms. The van der Waals surface area contributed by atoms with Crippen molar-refractivity contribution in [3.05, 3.63) is 76.2 Å². The Morgan fingerprint density at radius 3 is 2.41 bits per heavy atom. The lowest BCUT2D eigenvalue weighted by Crippen LogP contribution is -2.52. The van der Waals surface area contributed by atoms with E-state index < -0.39 is 48.0 Å². The fraction of sp³-hybridized carbons (Fsp3) is 0.333. The molecule has 0 aliphatic heterocycles. The number of rotatable bonds is 11. The van der Waals surface area contributed by atoms with Crippen molar-refractivity contribution in [2.45, 2.75) is 24.2 Å². The fourth-order valence-corrected chi connectivity index (χ4v) is 3.86. The number of benzene rings is 2. The first-order chi connectivity index (χ1) is 19.2. The van der Waals surface area contributed by atoms with Crippen LogP contribution in [0.3, 0.4) is 0 Å². The van der Waals surface area contributed by atoms with Crippen LogP contribution in [0.5, 0.6) is 11.5 Å². The van der Waals surface area contributed by atoms with E-state index in [0.29, 0.717) is 0 Å². The van der Waals surface area contributed by atoms with Crippen LogP contribution in [0.25, 0.3) is 11.3 Å². The maximum absolute atomic E-state index is 14.4. The van der Waals surface area contributed by atoms with E-state index in [1.54, 1.807) is 0 Å². The summed E-state index contributed by atoms with van der Waals surface area (Å²) in [6.45, 7) is -1.70. The van der Waals surface area contributed by atoms with Gasteiger partial charge in [-0.3, -0.25) is 4.79 Å². The summed E-state index contributed by atoms with van der Waals surface area (Å²) in [5.74, 6) is -1.55. The lowest BCUT2D eigenvalue weighted by atomic mass is 9.89. The minimum atomic E-state index is -5.38. The first kappa shape index (κ1) is 32.0. The number of aromatic nitrogens is 1. The zero-order valence-electron chi connectivity index (χ0n) is 21.9. The van der Waals surface area contributed by atoms with Crippen molar-refractivity contribution in [3.63, 3.8) is 0 Å². The maximum atomic E-state index is 14.4. The quantitative estimate of drug-likeness (QED) is 0.242. The lowest BCUT2D eigenvalue weighted by Gasteiger charge is -2.32. The van der Waals surface area contributed by atoms with Gasteiger partial charge in [0.15, 0.2) is 11.5 Å². The monoisotopic (exact) mass is 603 g/mol. The molecule has 1 heterocycles. The smallest absolute Gasteiger partial charge is 0.424 e. The second kappa shape index (κ2) is 12.6. The molecule has 0 saturated carbocycles. The maximum Gasteiger partial charge on any atom is 0.424 e. The molecule has 5 N–H and O–H groups in total. The Morgan fingerprint density at radius 2 is 1.83 bits per heavy atom. The van der Waals surface area contributed by atoms with Gasteiger partial charge in [0, 0.05) is 11.1 Å². The molecule has 14 heteroatoms. The molecule has 3 aromatic rings. The van der Waals surface area contributed by atoms with Crippen molar-refractivity contribution in [1.29, 1.82) is 0 Å². The number of aliphatic hydroxyl groups is 2. The average Bonchev–Trinajstić information content (AvgIpc) is 2.94. The summed E-state index contributed by atoms with van der Waals surface area (Å²) in [7, 11) is 1.28. The van der Waals surface area contributed by atoms with E-state index >= 15 is 0 Å². The third-order valence-electron chi connectivity index (χ3n) is 6.15. The van der Waals surface area contributed by atoms with Gasteiger partial charge in [0.2, 0.25) is 5.60 Å². The minimum Gasteiger partial charge on any atom is -0.493 e. The summed E-state index contributed by atoms with van der Waals surface area (Å²) in [6, 6.07) is 9.02. The van der Waals surface area contributed by atoms with E-state index in [2.05, 4.69) is 4.98 Å². The Balaban J connectivity index is 2.05. The number of nitrogens with one attached hydrogen (secondary N) is 1. The number of carbonyl (C=O) groups excluding carboxylic acids is 1. The summed E-state index contributed by atoms with van der Waals surface area (Å²) in [5, 5.41) is 21.6. The number of pyridine rings is 1. The molecule has 8 nitrogen and oxygen atoms in total. The van der Waals surface area contributed by atoms with Gasteiger partial charge in [0.25, 0.3) is 5.91 Å². The van der Waals surface area contributed by atoms with Gasteiger partial charge in [0.1, 0.15) is 19.1 Å². The molecule has 1 amide bonds. The largest absolute Gasteiger partial charge is 0.493 e. The highest BCUT2D eigenvalue weighted by Crippen LogP contribution is 2.40. The molecule has 0 aliphatic carbocycles. The van der Waals surface area contributed by atoms with E-state index in [-0.39, 0.29) is 52.1 Å². The highest BCUT2D eigenvalue weighted by atomic mass is 35.5. The lowest BCUT2D eigenvalue weighted by molar-refractivity contribution is -0.265. The minimum absolute atomic E-state index is 0.0665. The van der Waals surface area contributed by atoms with Crippen molar-refractivity contribution in [3.8, 4) is 22.8 Å². The predicted molar refractivity (Wildman–Crippen MR) is 140 cm³/mol. The summed E-state index contributed by atoms with van der Waals surface area (Å²) >= 11 is 5.83. The van der Waals surface area contributed by atoms with Crippen LogP contribution in [0.15, 0.2) is 48.5 Å². The molecular formula is C27H27ClF5N3O5. The number of halogens is 6. The molecule has 0 aliphatic rings. The van der Waals surface area contributed by atoms with Crippen molar-refractivity contribution in [1.82, 2.24) is 10.3 Å². The predicted octanol–water partition coefficient (Wildman–Crippen LogP) is 4.24. The van der Waals surface area contributed by atoms with E-state index in [4.69, 9.17) is 31.9 Å². The normalized spacial score (nSPS) is 14.6. The number of nitrogens with zero attached hydrogens (tertiary/aromatic N) is 1. The molecule has 222 valence electrons. The second-order valence-electron chi connectivity index (χ2n) is 9.28. The number of aliphatic hydroxyl groups excluding tert-OH is 1. The van der Waals surface area contributed by atoms with Crippen LogP contribution in [-0.4, -0.2) is 60.8 Å². The van der Waals surface area contributed by atoms with Crippen molar-refractivity contribution >= 4 is 17.5 Å². The van der Waals surface area contributed by atoms with Crippen molar-refractivity contribution < 1.29 is 46.4 Å². The van der Waals surface area contributed by atoms with Gasteiger partial charge in [-0.2, -0.15) is 13.2 Å². The number of ether oxygens (including phenoxy) is 2. The number of methoxy groups -OCH3 is 1. The van der Waals surface area contributed by atoms with Gasteiger partial charge in [0.05, 0.1) is 42.2 Å². The van der Waals surface area contributed by atoms with E-state index in [1.165, 1.54) is 44.4 Å².